The lowest BCUT2D eigenvalue weighted by Crippen LogP contribution is -2.01. The molecule has 16 heavy (non-hydrogen) atoms. The standard InChI is InChI=1S/C11H10ClNO2S/c1-15-11(14)8-5-7-3-4-13(12)10(7)9(6-8)16-2/h3-6H,1-2H3. The summed E-state index contributed by atoms with van der Waals surface area (Å²) in [6, 6.07) is 5.44. The molecule has 3 nitrogen and oxygen atoms in total. The molecule has 0 atom stereocenters. The molecule has 0 fully saturated rings. The van der Waals surface area contributed by atoms with Crippen molar-refractivity contribution in [2.45, 2.75) is 4.90 Å². The highest BCUT2D eigenvalue weighted by atomic mass is 35.5. The minimum absolute atomic E-state index is 0.334. The smallest absolute Gasteiger partial charge is 0.337 e. The van der Waals surface area contributed by atoms with E-state index in [1.54, 1.807) is 30.1 Å². The van der Waals surface area contributed by atoms with Gasteiger partial charge in [-0.05, 0) is 24.5 Å². The Morgan fingerprint density at radius 1 is 1.50 bits per heavy atom. The number of rotatable bonds is 2. The molecule has 5 heteroatoms. The molecular weight excluding hydrogens is 246 g/mol. The van der Waals surface area contributed by atoms with Gasteiger partial charge < -0.3 is 4.74 Å². The van der Waals surface area contributed by atoms with Gasteiger partial charge in [0.05, 0.1) is 18.2 Å². The average Bonchev–Trinajstić information content (AvgIpc) is 2.69. The Morgan fingerprint density at radius 3 is 2.88 bits per heavy atom. The van der Waals surface area contributed by atoms with E-state index in [-0.39, 0.29) is 5.97 Å². The van der Waals surface area contributed by atoms with E-state index in [2.05, 4.69) is 0 Å². The average molecular weight is 256 g/mol. The molecule has 0 spiro atoms. The Morgan fingerprint density at radius 2 is 2.25 bits per heavy atom. The highest BCUT2D eigenvalue weighted by molar-refractivity contribution is 7.98. The second kappa shape index (κ2) is 4.39. The van der Waals surface area contributed by atoms with E-state index < -0.39 is 0 Å². The SMILES string of the molecule is COC(=O)c1cc(SC)c2c(ccn2Cl)c1. The first-order valence-corrected chi connectivity index (χ1v) is 6.17. The summed E-state index contributed by atoms with van der Waals surface area (Å²) in [6.45, 7) is 0. The fourth-order valence-electron chi connectivity index (χ4n) is 1.60. The van der Waals surface area contributed by atoms with Gasteiger partial charge in [0.15, 0.2) is 0 Å². The number of carbonyl (C=O) groups is 1. The molecule has 0 radical (unpaired) electrons. The Kier molecular flexibility index (Phi) is 3.12. The maximum atomic E-state index is 11.5. The summed E-state index contributed by atoms with van der Waals surface area (Å²) in [7, 11) is 1.37. The minimum atomic E-state index is -0.334. The van der Waals surface area contributed by atoms with Crippen LogP contribution >= 0.6 is 23.5 Å². The second-order valence-corrected chi connectivity index (χ2v) is 4.45. The number of hydrogen-bond donors (Lipinski definition) is 0. The lowest BCUT2D eigenvalue weighted by molar-refractivity contribution is 0.0600. The third kappa shape index (κ3) is 1.79. The molecule has 2 rings (SSSR count). The fourth-order valence-corrected chi connectivity index (χ4v) is 2.55. The van der Waals surface area contributed by atoms with E-state index in [1.165, 1.54) is 11.2 Å². The Labute approximate surface area is 102 Å². The minimum Gasteiger partial charge on any atom is -0.465 e. The van der Waals surface area contributed by atoms with Gasteiger partial charge in [-0.25, -0.2) is 4.79 Å². The molecule has 0 amide bonds. The molecule has 0 bridgehead atoms. The zero-order valence-electron chi connectivity index (χ0n) is 8.86. The van der Waals surface area contributed by atoms with Gasteiger partial charge in [-0.3, -0.25) is 4.09 Å². The highest BCUT2D eigenvalue weighted by Crippen LogP contribution is 2.29. The zero-order valence-corrected chi connectivity index (χ0v) is 10.4. The molecule has 1 aromatic carbocycles. The van der Waals surface area contributed by atoms with Crippen LogP contribution in [0, 0.1) is 0 Å². The molecule has 0 N–H and O–H groups in total. The monoisotopic (exact) mass is 255 g/mol. The summed E-state index contributed by atoms with van der Waals surface area (Å²) in [4.78, 5) is 12.4. The van der Waals surface area contributed by atoms with E-state index in [4.69, 9.17) is 16.5 Å². The highest BCUT2D eigenvalue weighted by Gasteiger charge is 2.12. The predicted molar refractivity (Wildman–Crippen MR) is 66.3 cm³/mol. The van der Waals surface area contributed by atoms with Gasteiger partial charge in [-0.1, -0.05) is 0 Å². The van der Waals surface area contributed by atoms with Gasteiger partial charge in [0.2, 0.25) is 0 Å². The van der Waals surface area contributed by atoms with Crippen molar-refractivity contribution in [3.63, 3.8) is 0 Å². The molecule has 1 aromatic heterocycles. The summed E-state index contributed by atoms with van der Waals surface area (Å²) in [5.41, 5.74) is 1.46. The lowest BCUT2D eigenvalue weighted by Gasteiger charge is -2.05. The van der Waals surface area contributed by atoms with E-state index in [0.29, 0.717) is 5.56 Å². The van der Waals surface area contributed by atoms with E-state index >= 15 is 0 Å². The fraction of sp³-hybridized carbons (Fsp3) is 0.182. The van der Waals surface area contributed by atoms with Gasteiger partial charge in [-0.2, -0.15) is 0 Å². The summed E-state index contributed by atoms with van der Waals surface area (Å²) >= 11 is 7.56. The summed E-state index contributed by atoms with van der Waals surface area (Å²) in [6.07, 6.45) is 3.70. The van der Waals surface area contributed by atoms with Gasteiger partial charge in [0.25, 0.3) is 0 Å². The van der Waals surface area contributed by atoms with Gasteiger partial charge in [0.1, 0.15) is 0 Å². The first kappa shape index (κ1) is 11.4. The van der Waals surface area contributed by atoms with E-state index in [1.807, 2.05) is 12.3 Å². The van der Waals surface area contributed by atoms with Crippen molar-refractivity contribution in [2.75, 3.05) is 13.4 Å². The van der Waals surface area contributed by atoms with Crippen LogP contribution in [-0.4, -0.2) is 23.4 Å². The molecule has 84 valence electrons. The summed E-state index contributed by atoms with van der Waals surface area (Å²) in [5, 5.41) is 0.933. The Bertz CT molecular complexity index is 550. The summed E-state index contributed by atoms with van der Waals surface area (Å²) < 4.78 is 6.23. The third-order valence-electron chi connectivity index (χ3n) is 2.34. The van der Waals surface area contributed by atoms with Gasteiger partial charge in [-0.15, -0.1) is 11.8 Å². The van der Waals surface area contributed by atoms with Crippen LogP contribution < -0.4 is 0 Å². The molecule has 0 saturated heterocycles. The molecule has 0 saturated carbocycles. The van der Waals surface area contributed by atoms with Crippen molar-refractivity contribution in [3.8, 4) is 0 Å². The number of thioether (sulfide) groups is 1. The molecule has 0 aliphatic rings. The molecule has 2 aromatic rings. The zero-order chi connectivity index (χ0) is 11.7. The Hall–Kier alpha value is -1.13. The third-order valence-corrected chi connectivity index (χ3v) is 3.38. The molecule has 0 aliphatic carbocycles. The normalized spacial score (nSPS) is 10.7. The van der Waals surface area contributed by atoms with E-state index in [0.717, 1.165) is 15.8 Å². The maximum absolute atomic E-state index is 11.5. The van der Waals surface area contributed by atoms with Crippen LogP contribution in [0.3, 0.4) is 0 Å². The maximum Gasteiger partial charge on any atom is 0.337 e. The van der Waals surface area contributed by atoms with Crippen LogP contribution in [-0.2, 0) is 4.74 Å². The van der Waals surface area contributed by atoms with Crippen molar-refractivity contribution in [1.29, 1.82) is 0 Å². The van der Waals surface area contributed by atoms with Gasteiger partial charge in [0, 0.05) is 28.3 Å². The van der Waals surface area contributed by atoms with E-state index in [9.17, 15) is 4.79 Å². The van der Waals surface area contributed by atoms with Crippen molar-refractivity contribution in [3.05, 3.63) is 30.0 Å². The van der Waals surface area contributed by atoms with Crippen molar-refractivity contribution in [2.24, 2.45) is 0 Å². The number of hydrogen-bond acceptors (Lipinski definition) is 3. The first-order chi connectivity index (χ1) is 7.67. The van der Waals surface area contributed by atoms with Gasteiger partial charge >= 0.3 is 5.97 Å². The van der Waals surface area contributed by atoms with Crippen LogP contribution in [0.4, 0.5) is 0 Å². The number of carbonyl (C=O) groups excluding carboxylic acids is 1. The van der Waals surface area contributed by atoms with Crippen LogP contribution in [0.2, 0.25) is 0 Å². The van der Waals surface area contributed by atoms with Crippen molar-refractivity contribution < 1.29 is 9.53 Å². The first-order valence-electron chi connectivity index (χ1n) is 4.61. The molecule has 0 aliphatic heterocycles. The molecule has 1 heterocycles. The topological polar surface area (TPSA) is 31.2 Å². The molecule has 0 unspecified atom stereocenters. The predicted octanol–water partition coefficient (Wildman–Crippen LogP) is 3.15. The second-order valence-electron chi connectivity index (χ2n) is 3.23. The van der Waals surface area contributed by atoms with Crippen LogP contribution in [0.1, 0.15) is 10.4 Å². The number of nitrogens with zero attached hydrogens (tertiary/aromatic N) is 1. The Balaban J connectivity index is 2.69. The number of halogens is 1. The van der Waals surface area contributed by atoms with Crippen LogP contribution in [0.5, 0.6) is 0 Å². The van der Waals surface area contributed by atoms with Crippen LogP contribution in [0.25, 0.3) is 10.9 Å². The number of fused-ring (bicyclic) bond motifs is 1. The number of ether oxygens (including phenoxy) is 1. The van der Waals surface area contributed by atoms with Crippen LogP contribution in [0.15, 0.2) is 29.3 Å². The number of aromatic nitrogens is 1. The number of benzene rings is 1. The largest absolute Gasteiger partial charge is 0.465 e. The molecular formula is C11H10ClNO2S. The van der Waals surface area contributed by atoms with Crippen molar-refractivity contribution >= 4 is 40.4 Å². The van der Waals surface area contributed by atoms with Crippen molar-refractivity contribution in [1.82, 2.24) is 4.09 Å². The summed E-state index contributed by atoms with van der Waals surface area (Å²) in [5.74, 6) is -0.334. The number of methoxy groups -OCH3 is 1. The lowest BCUT2D eigenvalue weighted by atomic mass is 10.1. The number of esters is 1. The quantitative estimate of drug-likeness (QED) is 0.610.